The first-order chi connectivity index (χ1) is 13.1. The number of aromatic amines is 1. The molecule has 0 spiro atoms. The minimum absolute atomic E-state index is 0.208. The molecular formula is C20H18BrN3O3. The van der Waals surface area contributed by atoms with Crippen molar-refractivity contribution in [2.24, 2.45) is 0 Å². The topological polar surface area (TPSA) is 75.3 Å². The highest BCUT2D eigenvalue weighted by atomic mass is 79.9. The van der Waals surface area contributed by atoms with Crippen LogP contribution in [0.2, 0.25) is 0 Å². The summed E-state index contributed by atoms with van der Waals surface area (Å²) in [4.78, 5) is 34.1. The van der Waals surface area contributed by atoms with Gasteiger partial charge in [-0.15, -0.1) is 0 Å². The minimum atomic E-state index is -0.389. The quantitative estimate of drug-likeness (QED) is 0.680. The van der Waals surface area contributed by atoms with E-state index in [1.54, 1.807) is 17.0 Å². The lowest BCUT2D eigenvalue weighted by Crippen LogP contribution is -2.32. The van der Waals surface area contributed by atoms with Crippen LogP contribution in [0.3, 0.4) is 0 Å². The molecule has 1 saturated heterocycles. The summed E-state index contributed by atoms with van der Waals surface area (Å²) >= 11 is 3.37. The molecule has 4 rings (SSSR count). The van der Waals surface area contributed by atoms with Crippen molar-refractivity contribution in [2.75, 3.05) is 6.54 Å². The van der Waals surface area contributed by atoms with Gasteiger partial charge in [0.15, 0.2) is 0 Å². The largest absolute Gasteiger partial charge is 0.445 e. The Bertz CT molecular complexity index is 1040. The number of aromatic nitrogens is 2. The van der Waals surface area contributed by atoms with Gasteiger partial charge in [-0.2, -0.15) is 0 Å². The summed E-state index contributed by atoms with van der Waals surface area (Å²) in [6.07, 6.45) is 1.19. The van der Waals surface area contributed by atoms with Gasteiger partial charge in [-0.05, 0) is 36.6 Å². The van der Waals surface area contributed by atoms with Gasteiger partial charge in [0.05, 0.1) is 16.9 Å². The maximum Gasteiger partial charge on any atom is 0.410 e. The summed E-state index contributed by atoms with van der Waals surface area (Å²) in [5.74, 6) is 0.504. The molecule has 3 aromatic rings. The molecule has 1 fully saturated rings. The molecular weight excluding hydrogens is 410 g/mol. The molecule has 138 valence electrons. The Morgan fingerprint density at radius 3 is 2.89 bits per heavy atom. The lowest BCUT2D eigenvalue weighted by Gasteiger charge is -2.23. The molecule has 0 aliphatic carbocycles. The molecule has 7 heteroatoms. The zero-order chi connectivity index (χ0) is 18.8. The van der Waals surface area contributed by atoms with Crippen molar-refractivity contribution in [1.82, 2.24) is 14.9 Å². The number of hydrogen-bond donors (Lipinski definition) is 1. The van der Waals surface area contributed by atoms with E-state index in [0.717, 1.165) is 22.9 Å². The maximum atomic E-state index is 12.6. The zero-order valence-corrected chi connectivity index (χ0v) is 16.1. The van der Waals surface area contributed by atoms with Crippen LogP contribution in [0, 0.1) is 0 Å². The molecule has 6 nitrogen and oxygen atoms in total. The van der Waals surface area contributed by atoms with E-state index >= 15 is 0 Å². The summed E-state index contributed by atoms with van der Waals surface area (Å²) in [5.41, 5.74) is 1.34. The van der Waals surface area contributed by atoms with Gasteiger partial charge >= 0.3 is 6.09 Å². The standard InChI is InChI=1S/C20H18BrN3O3/c21-14-8-9-16-15(11-14)19(25)23-18(22-16)17-7-4-10-24(17)20(26)27-12-13-5-2-1-3-6-13/h1-3,5-6,8-9,11,17H,4,7,10,12H2,(H,22,23,25). The summed E-state index contributed by atoms with van der Waals surface area (Å²) in [7, 11) is 0. The highest BCUT2D eigenvalue weighted by Gasteiger charge is 2.33. The van der Waals surface area contributed by atoms with Crippen molar-refractivity contribution in [2.45, 2.75) is 25.5 Å². The fraction of sp³-hybridized carbons (Fsp3) is 0.250. The van der Waals surface area contributed by atoms with Crippen LogP contribution in [0.4, 0.5) is 4.79 Å². The fourth-order valence-electron chi connectivity index (χ4n) is 3.36. The van der Waals surface area contributed by atoms with Crippen LogP contribution >= 0.6 is 15.9 Å². The molecule has 1 aliphatic heterocycles. The number of nitrogens with zero attached hydrogens (tertiary/aromatic N) is 2. The highest BCUT2D eigenvalue weighted by Crippen LogP contribution is 2.31. The summed E-state index contributed by atoms with van der Waals surface area (Å²) in [6.45, 7) is 0.805. The molecule has 2 aromatic carbocycles. The van der Waals surface area contributed by atoms with Gasteiger partial charge in [-0.3, -0.25) is 9.69 Å². The van der Waals surface area contributed by atoms with Gasteiger partial charge < -0.3 is 9.72 Å². The second kappa shape index (κ2) is 7.52. The molecule has 27 heavy (non-hydrogen) atoms. The summed E-state index contributed by atoms with van der Waals surface area (Å²) in [5, 5.41) is 0.518. The average molecular weight is 428 g/mol. The van der Waals surface area contributed by atoms with Crippen molar-refractivity contribution >= 4 is 32.9 Å². The van der Waals surface area contributed by atoms with Gasteiger partial charge in [-0.1, -0.05) is 46.3 Å². The van der Waals surface area contributed by atoms with Crippen LogP contribution in [0.1, 0.15) is 30.3 Å². The van der Waals surface area contributed by atoms with Crippen LogP contribution in [0.25, 0.3) is 10.9 Å². The number of carbonyl (C=O) groups excluding carboxylic acids is 1. The monoisotopic (exact) mass is 427 g/mol. The van der Waals surface area contributed by atoms with Gasteiger partial charge in [0.1, 0.15) is 12.4 Å². The molecule has 0 saturated carbocycles. The number of H-pyrrole nitrogens is 1. The van der Waals surface area contributed by atoms with E-state index in [9.17, 15) is 9.59 Å². The van der Waals surface area contributed by atoms with Gasteiger partial charge in [0, 0.05) is 11.0 Å². The molecule has 1 aliphatic rings. The Morgan fingerprint density at radius 1 is 1.26 bits per heavy atom. The van der Waals surface area contributed by atoms with Gasteiger partial charge in [0.2, 0.25) is 0 Å². The number of benzene rings is 2. The number of nitrogens with one attached hydrogen (secondary N) is 1. The number of rotatable bonds is 3. The second-order valence-electron chi connectivity index (χ2n) is 6.50. The Balaban J connectivity index is 1.56. The van der Waals surface area contributed by atoms with Crippen molar-refractivity contribution in [1.29, 1.82) is 0 Å². The first kappa shape index (κ1) is 17.7. The van der Waals surface area contributed by atoms with Crippen molar-refractivity contribution in [3.05, 3.63) is 74.7 Å². The number of amides is 1. The Kier molecular flexibility index (Phi) is 4.94. The first-order valence-corrected chi connectivity index (χ1v) is 9.58. The lowest BCUT2D eigenvalue weighted by molar-refractivity contribution is 0.0908. The highest BCUT2D eigenvalue weighted by molar-refractivity contribution is 9.10. The summed E-state index contributed by atoms with van der Waals surface area (Å²) in [6, 6.07) is 14.7. The predicted octanol–water partition coefficient (Wildman–Crippen LogP) is 4.16. The third-order valence-electron chi connectivity index (χ3n) is 4.69. The molecule has 0 radical (unpaired) electrons. The molecule has 1 atom stereocenters. The number of halogens is 1. The van der Waals surface area contributed by atoms with Crippen LogP contribution in [-0.4, -0.2) is 27.5 Å². The molecule has 1 aromatic heterocycles. The van der Waals surface area contributed by atoms with Crippen LogP contribution in [0.15, 0.2) is 57.8 Å². The van der Waals surface area contributed by atoms with E-state index in [1.165, 1.54) is 0 Å². The predicted molar refractivity (Wildman–Crippen MR) is 105 cm³/mol. The average Bonchev–Trinajstić information content (AvgIpc) is 3.17. The first-order valence-electron chi connectivity index (χ1n) is 8.78. The van der Waals surface area contributed by atoms with Crippen LogP contribution in [0.5, 0.6) is 0 Å². The van der Waals surface area contributed by atoms with Crippen molar-refractivity contribution in [3.63, 3.8) is 0 Å². The SMILES string of the molecule is O=C(OCc1ccccc1)N1CCCC1c1nc2ccc(Br)cc2c(=O)[nH]1. The van der Waals surface area contributed by atoms with Crippen LogP contribution in [-0.2, 0) is 11.3 Å². The van der Waals surface area contributed by atoms with Gasteiger partial charge in [-0.25, -0.2) is 9.78 Å². The number of carbonyl (C=O) groups is 1. The number of likely N-dealkylation sites (tertiary alicyclic amines) is 1. The molecule has 2 heterocycles. The Morgan fingerprint density at radius 2 is 2.07 bits per heavy atom. The Labute approximate surface area is 164 Å². The molecule has 1 unspecified atom stereocenters. The lowest BCUT2D eigenvalue weighted by atomic mass is 10.2. The number of fused-ring (bicyclic) bond motifs is 1. The second-order valence-corrected chi connectivity index (χ2v) is 7.42. The van der Waals surface area contributed by atoms with E-state index in [1.807, 2.05) is 36.4 Å². The fourth-order valence-corrected chi connectivity index (χ4v) is 3.72. The van der Waals surface area contributed by atoms with Crippen molar-refractivity contribution in [3.8, 4) is 0 Å². The maximum absolute atomic E-state index is 12.6. The number of ether oxygens (including phenoxy) is 1. The van der Waals surface area contributed by atoms with Gasteiger partial charge in [0.25, 0.3) is 5.56 Å². The number of hydrogen-bond acceptors (Lipinski definition) is 4. The Hall–Kier alpha value is -2.67. The van der Waals surface area contributed by atoms with Crippen LogP contribution < -0.4 is 5.56 Å². The molecule has 0 bridgehead atoms. The molecule has 1 amide bonds. The van der Waals surface area contributed by atoms with E-state index in [2.05, 4.69) is 25.9 Å². The smallest absolute Gasteiger partial charge is 0.410 e. The van der Waals surface area contributed by atoms with E-state index in [-0.39, 0.29) is 24.3 Å². The van der Waals surface area contributed by atoms with E-state index < -0.39 is 0 Å². The molecule has 1 N–H and O–H groups in total. The van der Waals surface area contributed by atoms with Crippen molar-refractivity contribution < 1.29 is 9.53 Å². The van der Waals surface area contributed by atoms with E-state index in [0.29, 0.717) is 23.3 Å². The minimum Gasteiger partial charge on any atom is -0.445 e. The summed E-state index contributed by atoms with van der Waals surface area (Å²) < 4.78 is 6.28. The van der Waals surface area contributed by atoms with E-state index in [4.69, 9.17) is 4.74 Å². The third kappa shape index (κ3) is 3.73. The normalized spacial score (nSPS) is 16.6. The zero-order valence-electron chi connectivity index (χ0n) is 14.5. The third-order valence-corrected chi connectivity index (χ3v) is 5.19.